The summed E-state index contributed by atoms with van der Waals surface area (Å²) in [5, 5.41) is 10.5. The Labute approximate surface area is 110 Å². The average molecular weight is 293 g/mol. The molecule has 1 rings (SSSR count). The van der Waals surface area contributed by atoms with Crippen LogP contribution in [0.2, 0.25) is 0 Å². The first-order valence-electron chi connectivity index (χ1n) is 4.35. The largest absolute Gasteiger partial charge is 4.00 e. The molecule has 0 bridgehead atoms. The maximum Gasteiger partial charge on any atom is 4.00 e. The molecular weight excluding hydrogens is 270 g/mol. The fourth-order valence-corrected chi connectivity index (χ4v) is 0.321. The molecule has 0 unspecified atom stereocenters. The maximum atomic E-state index is 3.50. The van der Waals surface area contributed by atoms with Gasteiger partial charge >= 0.3 is 21.1 Å². The van der Waals surface area contributed by atoms with Crippen LogP contribution in [0, 0.1) is 0 Å². The normalized spacial score (nSPS) is 6.27. The number of rotatable bonds is 0. The van der Waals surface area contributed by atoms with Gasteiger partial charge in [-0.3, -0.25) is 0 Å². The minimum absolute atomic E-state index is 0. The first-order chi connectivity index (χ1) is 6.74. The van der Waals surface area contributed by atoms with Gasteiger partial charge in [-0.25, -0.2) is 12.1 Å². The van der Waals surface area contributed by atoms with E-state index in [1.54, 1.807) is 42.3 Å². The fourth-order valence-electron chi connectivity index (χ4n) is 0.321. The van der Waals surface area contributed by atoms with Crippen LogP contribution in [0.1, 0.15) is 0 Å². The van der Waals surface area contributed by atoms with Crippen LogP contribution in [0.25, 0.3) is 16.0 Å². The molecule has 0 saturated carbocycles. The second kappa shape index (κ2) is 37.0. The van der Waals surface area contributed by atoms with E-state index in [9.17, 15) is 0 Å². The zero-order valence-electron chi connectivity index (χ0n) is 10.6. The Morgan fingerprint density at radius 1 is 0.667 bits per heavy atom. The summed E-state index contributed by atoms with van der Waals surface area (Å²) in [4.78, 5) is 0. The molecule has 0 aliphatic rings. The van der Waals surface area contributed by atoms with Crippen LogP contribution >= 0.6 is 0 Å². The monoisotopic (exact) mass is 295 g/mol. The fraction of sp³-hybridized carbons (Fsp3) is 0.545. The minimum Gasteiger partial charge on any atom is -0.668 e. The summed E-state index contributed by atoms with van der Waals surface area (Å²) < 4.78 is 0. The zero-order valence-corrected chi connectivity index (χ0v) is 12.6. The quantitative estimate of drug-likeness (QED) is 0.520. The van der Waals surface area contributed by atoms with Gasteiger partial charge in [0.05, 0.1) is 0 Å². The third-order valence-electron chi connectivity index (χ3n) is 0.556. The van der Waals surface area contributed by atoms with Crippen LogP contribution in [0.5, 0.6) is 0 Å². The second-order valence-electron chi connectivity index (χ2n) is 2.30. The Kier molecular flexibility index (Phi) is 59.9. The molecule has 0 N–H and O–H groups in total. The number of hydrogen-bond acceptors (Lipinski definition) is 0. The second-order valence-corrected chi connectivity index (χ2v) is 2.30. The van der Waals surface area contributed by atoms with Crippen molar-refractivity contribution in [2.75, 3.05) is 42.3 Å². The molecule has 0 fully saturated rings. The summed E-state index contributed by atoms with van der Waals surface area (Å²) in [7, 11) is 10.5. The van der Waals surface area contributed by atoms with Gasteiger partial charge in [-0.05, 0) is 0 Å². The van der Waals surface area contributed by atoms with Gasteiger partial charge < -0.3 is 16.0 Å². The van der Waals surface area contributed by atoms with Crippen LogP contribution in [-0.4, -0.2) is 42.3 Å². The summed E-state index contributed by atoms with van der Waals surface area (Å²) in [6.45, 7) is 0. The van der Waals surface area contributed by atoms with Gasteiger partial charge in [-0.15, -0.1) is 0 Å². The molecule has 0 radical (unpaired) electrons. The Morgan fingerprint density at radius 3 is 0.933 bits per heavy atom. The molecule has 0 atom stereocenters. The molecule has 0 aliphatic heterocycles. The summed E-state index contributed by atoms with van der Waals surface area (Å²) in [6, 6.07) is 10.0. The topological polar surface area (TPSA) is 42.3 Å². The Bertz CT molecular complexity index is 99.4. The van der Waals surface area contributed by atoms with E-state index < -0.39 is 0 Å². The smallest absolute Gasteiger partial charge is 0.668 e. The van der Waals surface area contributed by atoms with Crippen molar-refractivity contribution < 1.29 is 21.1 Å². The first kappa shape index (κ1) is 24.2. The van der Waals surface area contributed by atoms with Crippen LogP contribution < -0.4 is 0 Å². The van der Waals surface area contributed by atoms with Gasteiger partial charge in [0.2, 0.25) is 0 Å². The molecule has 0 aliphatic carbocycles. The van der Waals surface area contributed by atoms with Crippen molar-refractivity contribution in [1.82, 2.24) is 0 Å². The summed E-state index contributed by atoms with van der Waals surface area (Å²) in [5.74, 6) is 0. The van der Waals surface area contributed by atoms with Gasteiger partial charge in [-0.1, -0.05) is 0 Å². The molecule has 0 aromatic heterocycles. The molecular formula is C11H23MoN3. The molecule has 0 amide bonds. The summed E-state index contributed by atoms with van der Waals surface area (Å²) in [6.07, 6.45) is 0. The van der Waals surface area contributed by atoms with Crippen LogP contribution in [0.4, 0.5) is 0 Å². The van der Waals surface area contributed by atoms with Crippen molar-refractivity contribution in [2.24, 2.45) is 0 Å². The average Bonchev–Trinajstić information content (AvgIpc) is 2.63. The predicted octanol–water partition coefficient (Wildman–Crippen LogP) is 3.26. The van der Waals surface area contributed by atoms with Crippen molar-refractivity contribution >= 4 is 0 Å². The molecule has 0 spiro atoms. The third kappa shape index (κ3) is 81.7. The van der Waals surface area contributed by atoms with E-state index in [4.69, 9.17) is 0 Å². The molecule has 4 heteroatoms. The molecule has 15 heavy (non-hydrogen) atoms. The minimum atomic E-state index is 0. The van der Waals surface area contributed by atoms with Gasteiger partial charge in [0.1, 0.15) is 0 Å². The van der Waals surface area contributed by atoms with Crippen molar-refractivity contribution in [3.63, 3.8) is 0 Å². The maximum absolute atomic E-state index is 3.50. The molecule has 0 saturated heterocycles. The molecule has 88 valence electrons. The van der Waals surface area contributed by atoms with Gasteiger partial charge in [0.15, 0.2) is 0 Å². The Balaban J connectivity index is -0.0000000550. The van der Waals surface area contributed by atoms with Gasteiger partial charge in [0.25, 0.3) is 0 Å². The predicted molar refractivity (Wildman–Crippen MR) is 67.7 cm³/mol. The molecule has 1 aromatic rings. The van der Waals surface area contributed by atoms with E-state index >= 15 is 0 Å². The van der Waals surface area contributed by atoms with Gasteiger partial charge in [0, 0.05) is 0 Å². The van der Waals surface area contributed by atoms with Crippen LogP contribution in [-0.2, 0) is 21.1 Å². The Hall–Kier alpha value is -0.0817. The van der Waals surface area contributed by atoms with E-state index in [0.29, 0.717) is 0 Å². The van der Waals surface area contributed by atoms with Crippen molar-refractivity contribution in [1.29, 1.82) is 0 Å². The van der Waals surface area contributed by atoms with E-state index in [0.717, 1.165) is 0 Å². The standard InChI is InChI=1S/C5H5.3C2H6N.Mo/c1-2-4-5-3-1;3*1-3-2;/h1-5H;3*1-2H3;/q4*-1;+4. The van der Waals surface area contributed by atoms with E-state index in [1.165, 1.54) is 0 Å². The Morgan fingerprint density at radius 2 is 0.867 bits per heavy atom. The van der Waals surface area contributed by atoms with Crippen LogP contribution in [0.15, 0.2) is 30.3 Å². The summed E-state index contributed by atoms with van der Waals surface area (Å²) >= 11 is 0. The third-order valence-corrected chi connectivity index (χ3v) is 0.556. The van der Waals surface area contributed by atoms with Crippen molar-refractivity contribution in [2.45, 2.75) is 0 Å². The molecule has 3 nitrogen and oxygen atoms in total. The van der Waals surface area contributed by atoms with Crippen LogP contribution in [0.3, 0.4) is 0 Å². The van der Waals surface area contributed by atoms with E-state index in [1.807, 2.05) is 30.3 Å². The molecule has 0 heterocycles. The van der Waals surface area contributed by atoms with E-state index in [-0.39, 0.29) is 21.1 Å². The zero-order chi connectivity index (χ0) is 11.7. The van der Waals surface area contributed by atoms with Crippen molar-refractivity contribution in [3.8, 4) is 0 Å². The van der Waals surface area contributed by atoms with E-state index in [2.05, 4.69) is 16.0 Å². The summed E-state index contributed by atoms with van der Waals surface area (Å²) in [5.41, 5.74) is 0. The molecule has 1 aromatic carbocycles. The van der Waals surface area contributed by atoms with Crippen molar-refractivity contribution in [3.05, 3.63) is 46.3 Å². The number of hydrogen-bond donors (Lipinski definition) is 0. The van der Waals surface area contributed by atoms with Gasteiger partial charge in [-0.2, -0.15) is 60.5 Å². The SMILES string of the molecule is C[N-]C.C[N-]C.C[N-]C.[Mo+4].c1cc[cH-]c1. The first-order valence-corrected chi connectivity index (χ1v) is 4.35. The number of nitrogens with zero attached hydrogens (tertiary/aromatic N) is 3.